The fourth-order valence-electron chi connectivity index (χ4n) is 7.97. The molecule has 0 aliphatic carbocycles. The van der Waals surface area contributed by atoms with Crippen LogP contribution in [-0.4, -0.2) is 87.5 Å². The molecule has 1 aliphatic heterocycles. The summed E-state index contributed by atoms with van der Waals surface area (Å²) < 4.78 is 11.2. The molecule has 1 aliphatic rings. The van der Waals surface area contributed by atoms with E-state index in [-0.39, 0.29) is 12.5 Å². The number of aliphatic hydroxyl groups is 5. The number of carbonyl (C=O) groups excluding carboxylic acids is 1. The quantitative estimate of drug-likeness (QED) is 0.0263. The van der Waals surface area contributed by atoms with Gasteiger partial charge < -0.3 is 40.3 Å². The van der Waals surface area contributed by atoms with Gasteiger partial charge in [0.1, 0.15) is 24.4 Å². The zero-order valence-electron chi connectivity index (χ0n) is 38.3. The highest BCUT2D eigenvalue weighted by Gasteiger charge is 2.44. The van der Waals surface area contributed by atoms with Gasteiger partial charge in [-0.3, -0.25) is 4.79 Å². The van der Waals surface area contributed by atoms with Crippen LogP contribution in [0.4, 0.5) is 0 Å². The third-order valence-electron chi connectivity index (χ3n) is 12.0. The van der Waals surface area contributed by atoms with Gasteiger partial charge in [0.2, 0.25) is 5.91 Å². The maximum atomic E-state index is 13.0. The fraction of sp³-hybridized carbons (Fsp3) is 0.900. The molecular weight excluding hydrogens is 743 g/mol. The standard InChI is InChI=1S/C50H95NO8/c1-3-5-7-9-11-13-15-17-19-20-21-22-23-24-25-26-28-30-32-34-36-38-40-46(54)51-43(42-58-50-49(57)48(56)47(55)45(41-52)59-50)44(53)39-37-35-33-31-29-27-18-16-14-12-10-8-6-4-2/h23-24,37,39,43-45,47-50,52-53,55-57H,3-22,25-36,38,40-42H2,1-2H3,(H,51,54)/b24-23-,39-37+. The van der Waals surface area contributed by atoms with Crippen LogP contribution < -0.4 is 5.32 Å². The first-order valence-corrected chi connectivity index (χ1v) is 25.1. The molecule has 59 heavy (non-hydrogen) atoms. The summed E-state index contributed by atoms with van der Waals surface area (Å²) in [5.74, 6) is -0.180. The first kappa shape index (κ1) is 55.7. The third kappa shape index (κ3) is 31.2. The number of amides is 1. The van der Waals surface area contributed by atoms with Crippen molar-refractivity contribution < 1.29 is 39.8 Å². The fourth-order valence-corrected chi connectivity index (χ4v) is 7.97. The number of ether oxygens (including phenoxy) is 2. The molecule has 6 N–H and O–H groups in total. The van der Waals surface area contributed by atoms with Crippen LogP contribution in [0.2, 0.25) is 0 Å². The Hall–Kier alpha value is -1.33. The summed E-state index contributed by atoms with van der Waals surface area (Å²) >= 11 is 0. The van der Waals surface area contributed by atoms with Crippen LogP contribution in [0, 0.1) is 0 Å². The molecule has 7 unspecified atom stereocenters. The predicted octanol–water partition coefficient (Wildman–Crippen LogP) is 11.1. The van der Waals surface area contributed by atoms with Crippen LogP contribution in [0.5, 0.6) is 0 Å². The summed E-state index contributed by atoms with van der Waals surface area (Å²) in [6.45, 7) is 3.78. The van der Waals surface area contributed by atoms with Crippen LogP contribution in [0.15, 0.2) is 24.3 Å². The van der Waals surface area contributed by atoms with Gasteiger partial charge in [-0.05, 0) is 44.9 Å². The summed E-state index contributed by atoms with van der Waals surface area (Å²) in [5.41, 5.74) is 0. The lowest BCUT2D eigenvalue weighted by Gasteiger charge is -2.40. The zero-order valence-corrected chi connectivity index (χ0v) is 38.3. The largest absolute Gasteiger partial charge is 0.394 e. The van der Waals surface area contributed by atoms with Crippen LogP contribution in [0.25, 0.3) is 0 Å². The maximum Gasteiger partial charge on any atom is 0.220 e. The second-order valence-electron chi connectivity index (χ2n) is 17.6. The van der Waals surface area contributed by atoms with Gasteiger partial charge in [-0.2, -0.15) is 0 Å². The highest BCUT2D eigenvalue weighted by atomic mass is 16.7. The van der Waals surface area contributed by atoms with Gasteiger partial charge >= 0.3 is 0 Å². The summed E-state index contributed by atoms with van der Waals surface area (Å²) in [6, 6.07) is -0.804. The van der Waals surface area contributed by atoms with E-state index in [0.717, 1.165) is 38.5 Å². The minimum absolute atomic E-state index is 0.180. The highest BCUT2D eigenvalue weighted by molar-refractivity contribution is 5.76. The molecule has 7 atom stereocenters. The molecule has 0 bridgehead atoms. The average molecular weight is 838 g/mol. The Morgan fingerprint density at radius 2 is 0.949 bits per heavy atom. The number of allylic oxidation sites excluding steroid dienone is 3. The molecule has 348 valence electrons. The Morgan fingerprint density at radius 3 is 1.37 bits per heavy atom. The first-order chi connectivity index (χ1) is 28.8. The van der Waals surface area contributed by atoms with Crippen molar-refractivity contribution in [2.45, 2.75) is 275 Å². The Morgan fingerprint density at radius 1 is 0.559 bits per heavy atom. The molecule has 0 aromatic heterocycles. The van der Waals surface area contributed by atoms with Crippen LogP contribution in [-0.2, 0) is 14.3 Å². The molecular formula is C50H95NO8. The number of rotatable bonds is 42. The second kappa shape index (κ2) is 40.7. The number of carbonyl (C=O) groups is 1. The molecule has 0 aromatic carbocycles. The number of nitrogens with one attached hydrogen (secondary N) is 1. The third-order valence-corrected chi connectivity index (χ3v) is 12.0. The predicted molar refractivity (Wildman–Crippen MR) is 244 cm³/mol. The van der Waals surface area contributed by atoms with E-state index >= 15 is 0 Å². The van der Waals surface area contributed by atoms with Crippen LogP contribution >= 0.6 is 0 Å². The summed E-state index contributed by atoms with van der Waals surface area (Å²) in [6.07, 6.45) is 42.2. The molecule has 0 radical (unpaired) electrons. The van der Waals surface area contributed by atoms with Gasteiger partial charge in [-0.1, -0.05) is 205 Å². The van der Waals surface area contributed by atoms with Crippen molar-refractivity contribution in [3.63, 3.8) is 0 Å². The van der Waals surface area contributed by atoms with Crippen LogP contribution in [0.1, 0.15) is 232 Å². The van der Waals surface area contributed by atoms with Crippen molar-refractivity contribution in [3.8, 4) is 0 Å². The smallest absolute Gasteiger partial charge is 0.220 e. The molecule has 0 saturated carbocycles. The molecule has 1 heterocycles. The van der Waals surface area contributed by atoms with Gasteiger partial charge in [-0.15, -0.1) is 0 Å². The number of hydrogen-bond acceptors (Lipinski definition) is 8. The van der Waals surface area contributed by atoms with Gasteiger partial charge in [0, 0.05) is 6.42 Å². The van der Waals surface area contributed by atoms with Crippen molar-refractivity contribution in [2.75, 3.05) is 13.2 Å². The zero-order chi connectivity index (χ0) is 43.0. The molecule has 1 rings (SSSR count). The summed E-state index contributed by atoms with van der Waals surface area (Å²) in [5, 5.41) is 54.3. The van der Waals surface area contributed by atoms with Crippen molar-refractivity contribution in [1.29, 1.82) is 0 Å². The Labute approximate surface area is 362 Å². The number of hydrogen-bond donors (Lipinski definition) is 6. The van der Waals surface area contributed by atoms with Gasteiger partial charge in [-0.25, -0.2) is 0 Å². The number of aliphatic hydroxyl groups excluding tert-OH is 5. The van der Waals surface area contributed by atoms with Gasteiger partial charge in [0.15, 0.2) is 6.29 Å². The summed E-state index contributed by atoms with van der Waals surface area (Å²) in [4.78, 5) is 13.0. The van der Waals surface area contributed by atoms with E-state index in [1.54, 1.807) is 6.08 Å². The lowest BCUT2D eigenvalue weighted by molar-refractivity contribution is -0.302. The van der Waals surface area contributed by atoms with E-state index < -0.39 is 49.5 Å². The van der Waals surface area contributed by atoms with Gasteiger partial charge in [0.05, 0.1) is 25.4 Å². The lowest BCUT2D eigenvalue weighted by Crippen LogP contribution is -2.60. The second-order valence-corrected chi connectivity index (χ2v) is 17.6. The monoisotopic (exact) mass is 838 g/mol. The van der Waals surface area contributed by atoms with E-state index in [4.69, 9.17) is 9.47 Å². The Bertz CT molecular complexity index is 977. The van der Waals surface area contributed by atoms with E-state index in [1.165, 1.54) is 173 Å². The van der Waals surface area contributed by atoms with Gasteiger partial charge in [0.25, 0.3) is 0 Å². The molecule has 1 saturated heterocycles. The minimum Gasteiger partial charge on any atom is -0.394 e. The normalized spacial score (nSPS) is 20.8. The van der Waals surface area contributed by atoms with E-state index in [2.05, 4.69) is 31.3 Å². The SMILES string of the molecule is CCCCCCCCCCCCC/C=C\CCCCCCCCCC(=O)NC(COC1OC(CO)C(O)C(O)C1O)C(O)/C=C/CCCCCCCCCCCCCC. The number of unbranched alkanes of at least 4 members (excludes halogenated alkanes) is 30. The lowest BCUT2D eigenvalue weighted by atomic mass is 9.99. The molecule has 1 amide bonds. The molecule has 9 nitrogen and oxygen atoms in total. The van der Waals surface area contributed by atoms with Crippen LogP contribution in [0.3, 0.4) is 0 Å². The highest BCUT2D eigenvalue weighted by Crippen LogP contribution is 2.23. The maximum absolute atomic E-state index is 13.0. The Balaban J connectivity index is 2.28. The molecule has 0 aromatic rings. The van der Waals surface area contributed by atoms with E-state index in [1.807, 2.05) is 6.08 Å². The minimum atomic E-state index is -1.56. The van der Waals surface area contributed by atoms with E-state index in [0.29, 0.717) is 6.42 Å². The first-order valence-electron chi connectivity index (χ1n) is 25.1. The molecule has 9 heteroatoms. The van der Waals surface area contributed by atoms with E-state index in [9.17, 15) is 30.3 Å². The Kier molecular flexibility index (Phi) is 38.4. The van der Waals surface area contributed by atoms with Crippen molar-refractivity contribution in [3.05, 3.63) is 24.3 Å². The van der Waals surface area contributed by atoms with Crippen molar-refractivity contribution in [2.24, 2.45) is 0 Å². The van der Waals surface area contributed by atoms with Crippen molar-refractivity contribution in [1.82, 2.24) is 5.32 Å². The summed E-state index contributed by atoms with van der Waals surface area (Å²) in [7, 11) is 0. The molecule has 0 spiro atoms. The van der Waals surface area contributed by atoms with Crippen molar-refractivity contribution >= 4 is 5.91 Å². The molecule has 1 fully saturated rings. The average Bonchev–Trinajstić information content (AvgIpc) is 3.23. The topological polar surface area (TPSA) is 149 Å².